The molecular formula is C19H26N4O3. The number of likely N-dealkylation sites (N-methyl/N-ethyl adjacent to an activating group) is 1. The number of fused-ring (bicyclic) bond motifs is 1. The number of hydrogen-bond donors (Lipinski definition) is 1. The summed E-state index contributed by atoms with van der Waals surface area (Å²) in [7, 11) is 0. The largest absolute Gasteiger partial charge is 0.352 e. The molecular weight excluding hydrogens is 332 g/mol. The summed E-state index contributed by atoms with van der Waals surface area (Å²) in [4.78, 5) is 39.2. The highest BCUT2D eigenvalue weighted by Gasteiger charge is 2.23. The first-order valence-electron chi connectivity index (χ1n) is 8.86. The number of carbonyl (C=O) groups is 2. The zero-order chi connectivity index (χ0) is 19.4. The SMILES string of the molecule is CCN(CC(=O)NC(C)C)C(=O)c1nn(C(C)C)c(=O)c2ccccc12. The quantitative estimate of drug-likeness (QED) is 0.855. The van der Waals surface area contributed by atoms with Crippen molar-refractivity contribution >= 4 is 22.6 Å². The predicted octanol–water partition coefficient (Wildman–Crippen LogP) is 1.96. The van der Waals surface area contributed by atoms with Crippen molar-refractivity contribution in [2.75, 3.05) is 13.1 Å². The molecule has 0 atom stereocenters. The molecule has 0 spiro atoms. The van der Waals surface area contributed by atoms with Gasteiger partial charge in [0.2, 0.25) is 5.91 Å². The Labute approximate surface area is 153 Å². The van der Waals surface area contributed by atoms with Crippen LogP contribution in [0, 0.1) is 0 Å². The molecule has 0 fully saturated rings. The standard InChI is InChI=1S/C19H26N4O3/c1-6-22(11-16(24)20-12(2)3)19(26)17-14-9-7-8-10-15(14)18(25)23(21-17)13(4)5/h7-10,12-13H,6,11H2,1-5H3,(H,20,24). The molecule has 2 amide bonds. The van der Waals surface area contributed by atoms with E-state index in [4.69, 9.17) is 0 Å². The Kier molecular flexibility index (Phi) is 6.13. The summed E-state index contributed by atoms with van der Waals surface area (Å²) in [6, 6.07) is 6.74. The topological polar surface area (TPSA) is 84.3 Å². The van der Waals surface area contributed by atoms with E-state index in [1.807, 2.05) is 27.7 Å². The van der Waals surface area contributed by atoms with E-state index < -0.39 is 0 Å². The number of nitrogens with one attached hydrogen (secondary N) is 1. The lowest BCUT2D eigenvalue weighted by atomic mass is 10.1. The summed E-state index contributed by atoms with van der Waals surface area (Å²) >= 11 is 0. The van der Waals surface area contributed by atoms with Gasteiger partial charge in [-0.15, -0.1) is 0 Å². The second kappa shape index (κ2) is 8.12. The minimum absolute atomic E-state index is 0.00175. The van der Waals surface area contributed by atoms with Gasteiger partial charge in [0.05, 0.1) is 18.0 Å². The molecule has 1 aromatic heterocycles. The van der Waals surface area contributed by atoms with Gasteiger partial charge in [-0.3, -0.25) is 14.4 Å². The van der Waals surface area contributed by atoms with Gasteiger partial charge in [-0.25, -0.2) is 4.68 Å². The van der Waals surface area contributed by atoms with E-state index in [1.165, 1.54) is 9.58 Å². The fourth-order valence-corrected chi connectivity index (χ4v) is 2.73. The van der Waals surface area contributed by atoms with Gasteiger partial charge < -0.3 is 10.2 Å². The molecule has 0 bridgehead atoms. The highest BCUT2D eigenvalue weighted by atomic mass is 16.2. The van der Waals surface area contributed by atoms with Crippen LogP contribution < -0.4 is 10.9 Å². The van der Waals surface area contributed by atoms with Crippen LogP contribution in [0.15, 0.2) is 29.1 Å². The maximum atomic E-state index is 13.1. The number of benzene rings is 1. The van der Waals surface area contributed by atoms with E-state index in [2.05, 4.69) is 10.4 Å². The average Bonchev–Trinajstić information content (AvgIpc) is 2.58. The van der Waals surface area contributed by atoms with Crippen LogP contribution in [0.4, 0.5) is 0 Å². The molecule has 7 heteroatoms. The number of aromatic nitrogens is 2. The Morgan fingerprint density at radius 2 is 1.77 bits per heavy atom. The minimum atomic E-state index is -0.364. The zero-order valence-corrected chi connectivity index (χ0v) is 15.9. The van der Waals surface area contributed by atoms with Gasteiger partial charge >= 0.3 is 0 Å². The van der Waals surface area contributed by atoms with E-state index in [0.717, 1.165) is 0 Å². The van der Waals surface area contributed by atoms with Crippen molar-refractivity contribution in [3.05, 3.63) is 40.3 Å². The Balaban J connectivity index is 2.50. The highest BCUT2D eigenvalue weighted by Crippen LogP contribution is 2.16. The van der Waals surface area contributed by atoms with Crippen molar-refractivity contribution in [3.63, 3.8) is 0 Å². The van der Waals surface area contributed by atoms with Crippen molar-refractivity contribution in [2.24, 2.45) is 0 Å². The fraction of sp³-hybridized carbons (Fsp3) is 0.474. The molecule has 7 nitrogen and oxygen atoms in total. The van der Waals surface area contributed by atoms with Gasteiger partial charge in [0.15, 0.2) is 5.69 Å². The number of nitrogens with zero attached hydrogens (tertiary/aromatic N) is 3. The Bertz CT molecular complexity index is 871. The van der Waals surface area contributed by atoms with E-state index in [1.54, 1.807) is 31.2 Å². The van der Waals surface area contributed by atoms with Gasteiger partial charge in [0.1, 0.15) is 0 Å². The normalized spacial score (nSPS) is 11.2. The molecule has 0 saturated carbocycles. The molecule has 1 aromatic carbocycles. The summed E-state index contributed by atoms with van der Waals surface area (Å²) in [6.07, 6.45) is 0. The number of rotatable bonds is 6. The third-order valence-electron chi connectivity index (χ3n) is 3.97. The minimum Gasteiger partial charge on any atom is -0.352 e. The monoisotopic (exact) mass is 358 g/mol. The molecule has 2 rings (SSSR count). The van der Waals surface area contributed by atoms with Crippen LogP contribution in [-0.4, -0.2) is 45.6 Å². The molecule has 2 aromatic rings. The summed E-state index contributed by atoms with van der Waals surface area (Å²) in [5, 5.41) is 8.05. The lowest BCUT2D eigenvalue weighted by Gasteiger charge is -2.22. The van der Waals surface area contributed by atoms with Gasteiger partial charge in [-0.05, 0) is 40.7 Å². The molecule has 1 heterocycles. The van der Waals surface area contributed by atoms with Crippen LogP contribution in [0.3, 0.4) is 0 Å². The van der Waals surface area contributed by atoms with Crippen molar-refractivity contribution < 1.29 is 9.59 Å². The summed E-state index contributed by atoms with van der Waals surface area (Å²) in [5.41, 5.74) is -0.0409. The smallest absolute Gasteiger partial charge is 0.275 e. The van der Waals surface area contributed by atoms with Gasteiger partial charge in [0, 0.05) is 18.0 Å². The summed E-state index contributed by atoms with van der Waals surface area (Å²) in [6.45, 7) is 9.52. The Morgan fingerprint density at radius 1 is 1.15 bits per heavy atom. The number of carbonyl (C=O) groups excluding carboxylic acids is 2. The van der Waals surface area contributed by atoms with E-state index >= 15 is 0 Å². The predicted molar refractivity (Wildman–Crippen MR) is 101 cm³/mol. The first kappa shape index (κ1) is 19.6. The fourth-order valence-electron chi connectivity index (χ4n) is 2.73. The van der Waals surface area contributed by atoms with Crippen LogP contribution in [-0.2, 0) is 4.79 Å². The molecule has 0 aliphatic heterocycles. The lowest BCUT2D eigenvalue weighted by Crippen LogP contribution is -2.43. The van der Waals surface area contributed by atoms with Gasteiger partial charge in [-0.1, -0.05) is 18.2 Å². The van der Waals surface area contributed by atoms with E-state index in [0.29, 0.717) is 17.3 Å². The molecule has 0 aliphatic carbocycles. The van der Waals surface area contributed by atoms with Crippen molar-refractivity contribution in [1.82, 2.24) is 20.0 Å². The molecule has 0 saturated heterocycles. The second-order valence-electron chi connectivity index (χ2n) is 6.78. The first-order chi connectivity index (χ1) is 12.3. The lowest BCUT2D eigenvalue weighted by molar-refractivity contribution is -0.122. The molecule has 0 radical (unpaired) electrons. The van der Waals surface area contributed by atoms with Crippen molar-refractivity contribution in [1.29, 1.82) is 0 Å². The molecule has 140 valence electrons. The number of amides is 2. The van der Waals surface area contributed by atoms with Crippen LogP contribution in [0.25, 0.3) is 10.8 Å². The number of hydrogen-bond acceptors (Lipinski definition) is 4. The van der Waals surface area contributed by atoms with Crippen LogP contribution in [0.5, 0.6) is 0 Å². The van der Waals surface area contributed by atoms with Crippen molar-refractivity contribution in [3.8, 4) is 0 Å². The third kappa shape index (κ3) is 4.09. The highest BCUT2D eigenvalue weighted by molar-refractivity contribution is 6.05. The van der Waals surface area contributed by atoms with Crippen molar-refractivity contribution in [2.45, 2.75) is 46.7 Å². The molecule has 0 aliphatic rings. The van der Waals surface area contributed by atoms with E-state index in [-0.39, 0.29) is 41.7 Å². The van der Waals surface area contributed by atoms with E-state index in [9.17, 15) is 14.4 Å². The Hall–Kier alpha value is -2.70. The van der Waals surface area contributed by atoms with Gasteiger partial charge in [0.25, 0.3) is 11.5 Å². The van der Waals surface area contributed by atoms with Crippen LogP contribution in [0.1, 0.15) is 51.1 Å². The second-order valence-corrected chi connectivity index (χ2v) is 6.78. The summed E-state index contributed by atoms with van der Waals surface area (Å²) in [5.74, 6) is -0.589. The van der Waals surface area contributed by atoms with Crippen LogP contribution in [0.2, 0.25) is 0 Å². The molecule has 1 N–H and O–H groups in total. The maximum Gasteiger partial charge on any atom is 0.275 e. The molecule has 0 unspecified atom stereocenters. The first-order valence-corrected chi connectivity index (χ1v) is 8.86. The zero-order valence-electron chi connectivity index (χ0n) is 15.9. The third-order valence-corrected chi connectivity index (χ3v) is 3.97. The Morgan fingerprint density at radius 3 is 2.31 bits per heavy atom. The maximum absolute atomic E-state index is 13.1. The summed E-state index contributed by atoms with van der Waals surface area (Å²) < 4.78 is 1.32. The van der Waals surface area contributed by atoms with Gasteiger partial charge in [-0.2, -0.15) is 5.10 Å². The average molecular weight is 358 g/mol. The van der Waals surface area contributed by atoms with Crippen LogP contribution >= 0.6 is 0 Å². The molecule has 26 heavy (non-hydrogen) atoms.